The number of anilines is 1. The van der Waals surface area contributed by atoms with Crippen LogP contribution in [-0.4, -0.2) is 13.1 Å². The largest absolute Gasteiger partial charge is 0.456 e. The van der Waals surface area contributed by atoms with Crippen molar-refractivity contribution >= 4 is 23.3 Å². The van der Waals surface area contributed by atoms with Crippen LogP contribution in [0, 0.1) is 13.8 Å². The zero-order valence-corrected chi connectivity index (χ0v) is 12.9. The number of carbonyl (C=O) groups excluding carboxylic acids is 1. The van der Waals surface area contributed by atoms with Crippen molar-refractivity contribution in [2.24, 2.45) is 0 Å². The standard InChI is InChI=1S/C16H17ClN2O2/c1-10-4-6-14(11(2)8-10)21-15-7-5-12(9-13(15)17)19-16(20)18-3/h4-9H,1-3H3,(H2,18,19,20). The average molecular weight is 305 g/mol. The monoisotopic (exact) mass is 304 g/mol. The fourth-order valence-corrected chi connectivity index (χ4v) is 2.11. The van der Waals surface area contributed by atoms with Crippen LogP contribution in [-0.2, 0) is 0 Å². The number of aryl methyl sites for hydroxylation is 2. The van der Waals surface area contributed by atoms with Crippen LogP contribution in [0.4, 0.5) is 10.5 Å². The molecule has 4 nitrogen and oxygen atoms in total. The SMILES string of the molecule is CNC(=O)Nc1ccc(Oc2ccc(C)cc2C)c(Cl)c1. The number of nitrogens with one attached hydrogen (secondary N) is 2. The third-order valence-electron chi connectivity index (χ3n) is 2.97. The minimum Gasteiger partial charge on any atom is -0.456 e. The van der Waals surface area contributed by atoms with Crippen molar-refractivity contribution in [3.05, 3.63) is 52.5 Å². The first-order chi connectivity index (χ1) is 9.99. The van der Waals surface area contributed by atoms with Gasteiger partial charge in [0.05, 0.1) is 5.02 Å². The lowest BCUT2D eigenvalue weighted by atomic mass is 10.1. The van der Waals surface area contributed by atoms with Crippen molar-refractivity contribution in [1.29, 1.82) is 0 Å². The summed E-state index contributed by atoms with van der Waals surface area (Å²) in [5.74, 6) is 1.31. The summed E-state index contributed by atoms with van der Waals surface area (Å²) in [6.45, 7) is 4.01. The second-order valence-corrected chi connectivity index (χ2v) is 5.13. The Labute approximate surface area is 129 Å². The average Bonchev–Trinajstić information content (AvgIpc) is 2.44. The molecule has 2 N–H and O–H groups in total. The number of rotatable bonds is 3. The van der Waals surface area contributed by atoms with Gasteiger partial charge < -0.3 is 15.4 Å². The van der Waals surface area contributed by atoms with Crippen molar-refractivity contribution < 1.29 is 9.53 Å². The first-order valence-corrected chi connectivity index (χ1v) is 6.91. The summed E-state index contributed by atoms with van der Waals surface area (Å²) in [6, 6.07) is 10.8. The Morgan fingerprint density at radius 1 is 1.10 bits per heavy atom. The van der Waals surface area contributed by atoms with Crippen LogP contribution < -0.4 is 15.4 Å². The van der Waals surface area contributed by atoms with E-state index < -0.39 is 0 Å². The Morgan fingerprint density at radius 2 is 1.81 bits per heavy atom. The summed E-state index contributed by atoms with van der Waals surface area (Å²) >= 11 is 6.19. The molecule has 0 aliphatic heterocycles. The van der Waals surface area contributed by atoms with Crippen LogP contribution in [0.3, 0.4) is 0 Å². The van der Waals surface area contributed by atoms with Crippen LogP contribution in [0.15, 0.2) is 36.4 Å². The molecule has 0 saturated heterocycles. The van der Waals surface area contributed by atoms with Crippen LogP contribution >= 0.6 is 11.6 Å². The number of benzene rings is 2. The predicted octanol–water partition coefficient (Wildman–Crippen LogP) is 4.50. The fourth-order valence-electron chi connectivity index (χ4n) is 1.89. The Kier molecular flexibility index (Phi) is 4.70. The molecule has 0 radical (unpaired) electrons. The van der Waals surface area contributed by atoms with Gasteiger partial charge in [0.1, 0.15) is 11.5 Å². The maximum Gasteiger partial charge on any atom is 0.318 e. The molecular weight excluding hydrogens is 288 g/mol. The van der Waals surface area contributed by atoms with Crippen molar-refractivity contribution in [3.8, 4) is 11.5 Å². The molecule has 2 rings (SSSR count). The second-order valence-electron chi connectivity index (χ2n) is 4.72. The molecule has 0 spiro atoms. The van der Waals surface area contributed by atoms with E-state index in [1.54, 1.807) is 25.2 Å². The summed E-state index contributed by atoms with van der Waals surface area (Å²) < 4.78 is 5.82. The van der Waals surface area contributed by atoms with Gasteiger partial charge >= 0.3 is 6.03 Å². The summed E-state index contributed by atoms with van der Waals surface area (Å²) in [5.41, 5.74) is 2.82. The minimum atomic E-state index is -0.297. The molecule has 110 valence electrons. The van der Waals surface area contributed by atoms with Gasteiger partial charge in [0.15, 0.2) is 0 Å². The van der Waals surface area contributed by atoms with Gasteiger partial charge in [-0.2, -0.15) is 0 Å². The van der Waals surface area contributed by atoms with Crippen LogP contribution in [0.2, 0.25) is 5.02 Å². The van der Waals surface area contributed by atoms with E-state index in [2.05, 4.69) is 10.6 Å². The van der Waals surface area contributed by atoms with E-state index in [0.29, 0.717) is 16.5 Å². The maximum absolute atomic E-state index is 11.2. The third-order valence-corrected chi connectivity index (χ3v) is 3.26. The number of ether oxygens (including phenoxy) is 1. The first kappa shape index (κ1) is 15.2. The number of halogens is 1. The molecule has 0 heterocycles. The van der Waals surface area contributed by atoms with Crippen molar-refractivity contribution in [2.45, 2.75) is 13.8 Å². The lowest BCUT2D eigenvalue weighted by Gasteiger charge is -2.12. The van der Waals surface area contributed by atoms with Crippen LogP contribution in [0.25, 0.3) is 0 Å². The maximum atomic E-state index is 11.2. The van der Waals surface area contributed by atoms with Crippen molar-refractivity contribution in [2.75, 3.05) is 12.4 Å². The normalized spacial score (nSPS) is 10.1. The van der Waals surface area contributed by atoms with Gasteiger partial charge in [-0.1, -0.05) is 29.3 Å². The summed E-state index contributed by atoms with van der Waals surface area (Å²) in [5, 5.41) is 5.56. The van der Waals surface area contributed by atoms with Crippen molar-refractivity contribution in [3.63, 3.8) is 0 Å². The van der Waals surface area contributed by atoms with E-state index in [1.807, 2.05) is 32.0 Å². The van der Waals surface area contributed by atoms with Gasteiger partial charge in [0.25, 0.3) is 0 Å². The molecule has 0 aromatic heterocycles. The summed E-state index contributed by atoms with van der Waals surface area (Å²) in [7, 11) is 1.55. The Balaban J connectivity index is 2.19. The Morgan fingerprint density at radius 3 is 2.43 bits per heavy atom. The van der Waals surface area contributed by atoms with Gasteiger partial charge in [0, 0.05) is 12.7 Å². The molecule has 0 saturated carbocycles. The van der Waals surface area contributed by atoms with Crippen LogP contribution in [0.1, 0.15) is 11.1 Å². The van der Waals surface area contributed by atoms with E-state index in [4.69, 9.17) is 16.3 Å². The molecule has 0 aliphatic carbocycles. The highest BCUT2D eigenvalue weighted by Crippen LogP contribution is 2.33. The molecule has 0 unspecified atom stereocenters. The topological polar surface area (TPSA) is 50.4 Å². The highest BCUT2D eigenvalue weighted by atomic mass is 35.5. The first-order valence-electron chi connectivity index (χ1n) is 6.53. The summed E-state index contributed by atoms with van der Waals surface area (Å²) in [4.78, 5) is 11.2. The van der Waals surface area contributed by atoms with Gasteiger partial charge in [0.2, 0.25) is 0 Å². The van der Waals surface area contributed by atoms with E-state index >= 15 is 0 Å². The zero-order chi connectivity index (χ0) is 15.4. The lowest BCUT2D eigenvalue weighted by molar-refractivity contribution is 0.254. The number of carbonyl (C=O) groups is 1. The zero-order valence-electron chi connectivity index (χ0n) is 12.2. The Hall–Kier alpha value is -2.20. The molecule has 5 heteroatoms. The predicted molar refractivity (Wildman–Crippen MR) is 85.5 cm³/mol. The lowest BCUT2D eigenvalue weighted by Crippen LogP contribution is -2.24. The van der Waals surface area contributed by atoms with E-state index in [-0.39, 0.29) is 6.03 Å². The molecule has 0 aliphatic rings. The highest BCUT2D eigenvalue weighted by Gasteiger charge is 2.08. The van der Waals surface area contributed by atoms with Gasteiger partial charge in [-0.25, -0.2) is 4.79 Å². The molecule has 21 heavy (non-hydrogen) atoms. The van der Waals surface area contributed by atoms with Gasteiger partial charge in [-0.05, 0) is 43.7 Å². The van der Waals surface area contributed by atoms with E-state index in [0.717, 1.165) is 11.3 Å². The van der Waals surface area contributed by atoms with Crippen LogP contribution in [0.5, 0.6) is 11.5 Å². The molecule has 2 aromatic carbocycles. The summed E-state index contributed by atoms with van der Waals surface area (Å²) in [6.07, 6.45) is 0. The number of hydrogen-bond acceptors (Lipinski definition) is 2. The quantitative estimate of drug-likeness (QED) is 0.877. The van der Waals surface area contributed by atoms with Gasteiger partial charge in [-0.3, -0.25) is 0 Å². The number of hydrogen-bond donors (Lipinski definition) is 2. The minimum absolute atomic E-state index is 0.297. The molecule has 0 bridgehead atoms. The number of amides is 2. The molecule has 0 atom stereocenters. The van der Waals surface area contributed by atoms with E-state index in [9.17, 15) is 4.79 Å². The van der Waals surface area contributed by atoms with Gasteiger partial charge in [-0.15, -0.1) is 0 Å². The second kappa shape index (κ2) is 6.50. The molecule has 2 aromatic rings. The highest BCUT2D eigenvalue weighted by molar-refractivity contribution is 6.32. The molecular formula is C16H17ClN2O2. The molecule has 2 amide bonds. The Bertz CT molecular complexity index is 671. The number of urea groups is 1. The fraction of sp³-hybridized carbons (Fsp3) is 0.188. The molecule has 0 fully saturated rings. The van der Waals surface area contributed by atoms with Crippen molar-refractivity contribution in [1.82, 2.24) is 5.32 Å². The smallest absolute Gasteiger partial charge is 0.318 e. The third kappa shape index (κ3) is 3.89. The van der Waals surface area contributed by atoms with E-state index in [1.165, 1.54) is 5.56 Å².